The van der Waals surface area contributed by atoms with Gasteiger partial charge in [0.2, 0.25) is 5.91 Å². The molecule has 1 heterocycles. The number of aromatic nitrogens is 2. The van der Waals surface area contributed by atoms with Crippen LogP contribution in [0.4, 0.5) is 5.69 Å². The molecular weight excluding hydrogens is 462 g/mol. The number of hydrogen-bond acceptors (Lipinski definition) is 5. The first-order valence-corrected chi connectivity index (χ1v) is 13.0. The molecule has 0 aliphatic heterocycles. The monoisotopic (exact) mass is 497 g/mol. The van der Waals surface area contributed by atoms with Crippen LogP contribution < -0.4 is 16.0 Å². The third-order valence-electron chi connectivity index (χ3n) is 6.79. The Balaban J connectivity index is 1.55. The van der Waals surface area contributed by atoms with Crippen molar-refractivity contribution in [3.05, 3.63) is 79.2 Å². The van der Waals surface area contributed by atoms with E-state index in [2.05, 4.69) is 44.6 Å². The van der Waals surface area contributed by atoms with Crippen LogP contribution in [0.1, 0.15) is 55.4 Å². The molecule has 192 valence electrons. The van der Waals surface area contributed by atoms with Crippen LogP contribution in [0.25, 0.3) is 22.2 Å². The summed E-state index contributed by atoms with van der Waals surface area (Å²) in [6.45, 7) is 3.52. The summed E-state index contributed by atoms with van der Waals surface area (Å²) >= 11 is 0. The zero-order chi connectivity index (χ0) is 26.0. The number of anilines is 1. The smallest absolute Gasteiger partial charge is 0.270 e. The number of benzene rings is 2. The van der Waals surface area contributed by atoms with Gasteiger partial charge in [0, 0.05) is 34.9 Å². The lowest BCUT2D eigenvalue weighted by Gasteiger charge is -2.23. The van der Waals surface area contributed by atoms with Crippen molar-refractivity contribution >= 4 is 28.3 Å². The highest BCUT2D eigenvalue weighted by Crippen LogP contribution is 2.28. The average molecular weight is 498 g/mol. The standard InChI is InChI=1S/C30H35N5O2/c1-3-28(36)34-26-14-10-11-21-15-16-22(19-25(21)26)29-32-18-17-27(35-29)30(37)33-24-13-9-7-5-4-6-8-12-23(20-24)31-2/h3,7,9-11,14-19,23-24,31H,1,4-6,8,12-13,20H2,2H3,(H,33,37)(H,34,36)/b9-7+. The summed E-state index contributed by atoms with van der Waals surface area (Å²) in [6.07, 6.45) is 14.8. The predicted molar refractivity (Wildman–Crippen MR) is 149 cm³/mol. The van der Waals surface area contributed by atoms with Crippen LogP contribution in [0, 0.1) is 0 Å². The van der Waals surface area contributed by atoms with Crippen molar-refractivity contribution in [1.29, 1.82) is 0 Å². The molecule has 7 heteroatoms. The number of nitrogens with zero attached hydrogens (tertiary/aromatic N) is 2. The van der Waals surface area contributed by atoms with E-state index < -0.39 is 0 Å². The first-order chi connectivity index (χ1) is 18.1. The van der Waals surface area contributed by atoms with Crippen molar-refractivity contribution in [1.82, 2.24) is 20.6 Å². The maximum absolute atomic E-state index is 13.2. The fraction of sp³-hybridized carbons (Fsp3) is 0.333. The van der Waals surface area contributed by atoms with Crippen molar-refractivity contribution in [2.24, 2.45) is 0 Å². The molecule has 3 aromatic rings. The van der Waals surface area contributed by atoms with Gasteiger partial charge in [-0.05, 0) is 68.8 Å². The fourth-order valence-corrected chi connectivity index (χ4v) is 4.73. The van der Waals surface area contributed by atoms with Crippen LogP contribution in [0.3, 0.4) is 0 Å². The first-order valence-electron chi connectivity index (χ1n) is 13.0. The molecule has 0 spiro atoms. The lowest BCUT2D eigenvalue weighted by atomic mass is 9.99. The third-order valence-corrected chi connectivity index (χ3v) is 6.79. The number of hydrogen-bond donors (Lipinski definition) is 3. The molecule has 1 aromatic heterocycles. The van der Waals surface area contributed by atoms with Gasteiger partial charge in [0.15, 0.2) is 5.82 Å². The minimum absolute atomic E-state index is 0.0226. The van der Waals surface area contributed by atoms with Crippen LogP contribution in [-0.2, 0) is 4.79 Å². The van der Waals surface area contributed by atoms with Crippen molar-refractivity contribution in [2.75, 3.05) is 12.4 Å². The van der Waals surface area contributed by atoms with Gasteiger partial charge in [0.25, 0.3) is 5.91 Å². The van der Waals surface area contributed by atoms with E-state index in [1.807, 2.05) is 43.4 Å². The van der Waals surface area contributed by atoms with Gasteiger partial charge in [-0.25, -0.2) is 9.97 Å². The number of nitrogens with one attached hydrogen (secondary N) is 3. The highest BCUT2D eigenvalue weighted by atomic mass is 16.2. The van der Waals surface area contributed by atoms with Gasteiger partial charge in [0.05, 0.1) is 0 Å². The maximum Gasteiger partial charge on any atom is 0.270 e. The summed E-state index contributed by atoms with van der Waals surface area (Å²) in [5.74, 6) is -0.0271. The van der Waals surface area contributed by atoms with Gasteiger partial charge in [-0.1, -0.05) is 55.8 Å². The Bertz CT molecular complexity index is 1290. The molecule has 4 rings (SSSR count). The largest absolute Gasteiger partial charge is 0.348 e. The Labute approximate surface area is 218 Å². The summed E-state index contributed by atoms with van der Waals surface area (Å²) in [4.78, 5) is 34.1. The molecule has 0 bridgehead atoms. The Morgan fingerprint density at radius 1 is 1.05 bits per heavy atom. The molecule has 2 unspecified atom stereocenters. The van der Waals surface area contributed by atoms with Crippen molar-refractivity contribution < 1.29 is 9.59 Å². The number of carbonyl (C=O) groups is 2. The number of rotatable bonds is 6. The topological polar surface area (TPSA) is 96.0 Å². The first kappa shape index (κ1) is 26.2. The van der Waals surface area contributed by atoms with Crippen LogP contribution in [-0.4, -0.2) is 40.9 Å². The summed E-state index contributed by atoms with van der Waals surface area (Å²) in [5.41, 5.74) is 1.77. The van der Waals surface area contributed by atoms with E-state index in [9.17, 15) is 9.59 Å². The van der Waals surface area contributed by atoms with Crippen LogP contribution in [0.15, 0.2) is 73.5 Å². The maximum atomic E-state index is 13.2. The quantitative estimate of drug-likeness (QED) is 0.313. The zero-order valence-electron chi connectivity index (χ0n) is 21.4. The van der Waals surface area contributed by atoms with Gasteiger partial charge in [-0.15, -0.1) is 0 Å². The molecule has 1 aliphatic carbocycles. The molecule has 2 atom stereocenters. The van der Waals surface area contributed by atoms with Crippen molar-refractivity contribution in [3.63, 3.8) is 0 Å². The zero-order valence-corrected chi connectivity index (χ0v) is 21.4. The van der Waals surface area contributed by atoms with E-state index >= 15 is 0 Å². The van der Waals surface area contributed by atoms with E-state index in [1.54, 1.807) is 12.3 Å². The second kappa shape index (κ2) is 12.9. The van der Waals surface area contributed by atoms with Crippen LogP contribution in [0.5, 0.6) is 0 Å². The number of allylic oxidation sites excluding steroid dienone is 1. The molecule has 0 radical (unpaired) electrons. The van der Waals surface area contributed by atoms with Crippen molar-refractivity contribution in [3.8, 4) is 11.4 Å². The van der Waals surface area contributed by atoms with E-state index in [1.165, 1.54) is 25.3 Å². The van der Waals surface area contributed by atoms with Crippen LogP contribution in [0.2, 0.25) is 0 Å². The Morgan fingerprint density at radius 2 is 1.95 bits per heavy atom. The Morgan fingerprint density at radius 3 is 2.78 bits per heavy atom. The number of carbonyl (C=O) groups excluding carboxylic acids is 2. The van der Waals surface area contributed by atoms with Gasteiger partial charge in [-0.3, -0.25) is 9.59 Å². The average Bonchev–Trinajstić information content (AvgIpc) is 2.98. The molecule has 3 N–H and O–H groups in total. The minimum Gasteiger partial charge on any atom is -0.348 e. The molecule has 0 saturated carbocycles. The Kier molecular flexibility index (Phi) is 9.16. The summed E-state index contributed by atoms with van der Waals surface area (Å²) in [5, 5.41) is 11.3. The molecule has 2 aromatic carbocycles. The third kappa shape index (κ3) is 7.11. The molecule has 0 fully saturated rings. The van der Waals surface area contributed by atoms with E-state index in [4.69, 9.17) is 0 Å². The normalized spacial score (nSPS) is 19.4. The van der Waals surface area contributed by atoms with E-state index in [-0.39, 0.29) is 17.9 Å². The van der Waals surface area contributed by atoms with Gasteiger partial charge < -0.3 is 16.0 Å². The van der Waals surface area contributed by atoms with E-state index in [0.29, 0.717) is 23.2 Å². The molecule has 1 aliphatic rings. The van der Waals surface area contributed by atoms with Gasteiger partial charge in [0.1, 0.15) is 5.69 Å². The number of amides is 2. The highest BCUT2D eigenvalue weighted by Gasteiger charge is 2.19. The summed E-state index contributed by atoms with van der Waals surface area (Å²) < 4.78 is 0. The lowest BCUT2D eigenvalue weighted by molar-refractivity contribution is -0.111. The molecule has 7 nitrogen and oxygen atoms in total. The molecular formula is C30H35N5O2. The lowest BCUT2D eigenvalue weighted by Crippen LogP contribution is -2.40. The van der Waals surface area contributed by atoms with E-state index in [0.717, 1.165) is 42.0 Å². The second-order valence-electron chi connectivity index (χ2n) is 9.44. The van der Waals surface area contributed by atoms with Crippen molar-refractivity contribution in [2.45, 2.75) is 57.0 Å². The SMILES string of the molecule is C=CC(=O)Nc1cccc2ccc(-c3nccc(C(=O)NC4C/C=C/CCCCCC(NC)C4)n3)cc12. The Hall–Kier alpha value is -3.84. The summed E-state index contributed by atoms with van der Waals surface area (Å²) in [6, 6.07) is 13.5. The number of fused-ring (bicyclic) bond motifs is 1. The molecule has 2 amide bonds. The van der Waals surface area contributed by atoms with Gasteiger partial charge in [-0.2, -0.15) is 0 Å². The van der Waals surface area contributed by atoms with Crippen LogP contribution >= 0.6 is 0 Å². The predicted octanol–water partition coefficient (Wildman–Crippen LogP) is 5.41. The molecule has 37 heavy (non-hydrogen) atoms. The highest BCUT2D eigenvalue weighted by molar-refractivity contribution is 6.06. The summed E-state index contributed by atoms with van der Waals surface area (Å²) in [7, 11) is 1.99. The minimum atomic E-state index is -0.278. The molecule has 0 saturated heterocycles. The van der Waals surface area contributed by atoms with Gasteiger partial charge >= 0.3 is 0 Å². The fourth-order valence-electron chi connectivity index (χ4n) is 4.73. The second-order valence-corrected chi connectivity index (χ2v) is 9.44.